The summed E-state index contributed by atoms with van der Waals surface area (Å²) in [4.78, 5) is 45.9. The zero-order valence-corrected chi connectivity index (χ0v) is 17.4. The SMILES string of the molecule is Cc1cnc(C(=O)OCC(=O)Nc2sc3c(c2C(=O)OC(C)C)CCCC3)cn1. The molecule has 0 radical (unpaired) electrons. The molecule has 8 nitrogen and oxygen atoms in total. The molecule has 0 fully saturated rings. The number of fused-ring (bicyclic) bond motifs is 1. The Labute approximate surface area is 172 Å². The number of nitrogens with zero attached hydrogens (tertiary/aromatic N) is 2. The fourth-order valence-electron chi connectivity index (χ4n) is 3.01. The van der Waals surface area contributed by atoms with E-state index in [-0.39, 0.29) is 11.8 Å². The fraction of sp³-hybridized carbons (Fsp3) is 0.450. The highest BCUT2D eigenvalue weighted by Crippen LogP contribution is 2.38. The molecule has 1 aliphatic carbocycles. The maximum Gasteiger partial charge on any atom is 0.359 e. The van der Waals surface area contributed by atoms with Gasteiger partial charge in [0.15, 0.2) is 12.3 Å². The van der Waals surface area contributed by atoms with Crippen LogP contribution in [0.4, 0.5) is 5.00 Å². The standard InChI is InChI=1S/C20H23N3O5S/c1-11(2)28-20(26)17-13-6-4-5-7-15(13)29-18(17)23-16(24)10-27-19(25)14-9-21-12(3)8-22-14/h8-9,11H,4-7,10H2,1-3H3,(H,23,24). The van der Waals surface area contributed by atoms with Crippen molar-refractivity contribution in [3.05, 3.63) is 39.8 Å². The minimum atomic E-state index is -0.738. The molecule has 0 bridgehead atoms. The van der Waals surface area contributed by atoms with E-state index in [4.69, 9.17) is 9.47 Å². The van der Waals surface area contributed by atoms with Gasteiger partial charge in [-0.25, -0.2) is 14.6 Å². The molecular weight excluding hydrogens is 394 g/mol. The number of nitrogens with one attached hydrogen (secondary N) is 1. The molecule has 1 aliphatic rings. The number of esters is 2. The Morgan fingerprint density at radius 2 is 1.90 bits per heavy atom. The lowest BCUT2D eigenvalue weighted by atomic mass is 9.95. The Kier molecular flexibility index (Phi) is 6.58. The predicted molar refractivity (Wildman–Crippen MR) is 107 cm³/mol. The number of rotatable bonds is 6. The first-order valence-electron chi connectivity index (χ1n) is 9.46. The molecule has 1 amide bonds. The summed E-state index contributed by atoms with van der Waals surface area (Å²) >= 11 is 1.38. The molecule has 29 heavy (non-hydrogen) atoms. The molecule has 0 atom stereocenters. The molecule has 154 valence electrons. The molecule has 0 aliphatic heterocycles. The van der Waals surface area contributed by atoms with Crippen LogP contribution in [0.15, 0.2) is 12.4 Å². The van der Waals surface area contributed by atoms with Gasteiger partial charge in [0.2, 0.25) is 0 Å². The molecular formula is C20H23N3O5S. The summed E-state index contributed by atoms with van der Waals surface area (Å²) in [7, 11) is 0. The smallest absolute Gasteiger partial charge is 0.359 e. The Bertz CT molecular complexity index is 921. The second kappa shape index (κ2) is 9.13. The van der Waals surface area contributed by atoms with Crippen LogP contribution in [0.1, 0.15) is 63.7 Å². The molecule has 0 aromatic carbocycles. The van der Waals surface area contributed by atoms with Crippen LogP contribution in [0.25, 0.3) is 0 Å². The summed E-state index contributed by atoms with van der Waals surface area (Å²) in [6.45, 7) is 4.82. The number of hydrogen-bond acceptors (Lipinski definition) is 8. The van der Waals surface area contributed by atoms with Gasteiger partial charge in [0, 0.05) is 11.1 Å². The van der Waals surface area contributed by atoms with Crippen LogP contribution in [-0.4, -0.2) is 40.5 Å². The van der Waals surface area contributed by atoms with Gasteiger partial charge in [-0.2, -0.15) is 0 Å². The zero-order valence-electron chi connectivity index (χ0n) is 16.6. The first-order valence-corrected chi connectivity index (χ1v) is 10.3. The van der Waals surface area contributed by atoms with Crippen molar-refractivity contribution in [3.8, 4) is 0 Å². The second-order valence-electron chi connectivity index (χ2n) is 7.04. The van der Waals surface area contributed by atoms with E-state index in [1.165, 1.54) is 23.7 Å². The molecule has 2 aromatic rings. The number of amides is 1. The van der Waals surface area contributed by atoms with Crippen molar-refractivity contribution in [2.75, 3.05) is 11.9 Å². The number of thiophene rings is 1. The second-order valence-corrected chi connectivity index (χ2v) is 8.14. The summed E-state index contributed by atoms with van der Waals surface area (Å²) < 4.78 is 10.4. The molecule has 9 heteroatoms. The van der Waals surface area contributed by atoms with Crippen molar-refractivity contribution >= 4 is 34.2 Å². The lowest BCUT2D eigenvalue weighted by Gasteiger charge is -2.14. The number of aryl methyl sites for hydroxylation is 2. The van der Waals surface area contributed by atoms with Crippen molar-refractivity contribution < 1.29 is 23.9 Å². The van der Waals surface area contributed by atoms with E-state index in [1.807, 2.05) is 0 Å². The molecule has 0 saturated carbocycles. The summed E-state index contributed by atoms with van der Waals surface area (Å²) in [6.07, 6.45) is 6.18. The van der Waals surface area contributed by atoms with Gasteiger partial charge >= 0.3 is 11.9 Å². The van der Waals surface area contributed by atoms with Gasteiger partial charge in [0.25, 0.3) is 5.91 Å². The third kappa shape index (κ3) is 5.17. The van der Waals surface area contributed by atoms with Gasteiger partial charge in [-0.05, 0) is 52.0 Å². The van der Waals surface area contributed by atoms with E-state index >= 15 is 0 Å². The van der Waals surface area contributed by atoms with Crippen molar-refractivity contribution in [2.24, 2.45) is 0 Å². The van der Waals surface area contributed by atoms with E-state index < -0.39 is 24.5 Å². The average Bonchev–Trinajstić information content (AvgIpc) is 3.04. The van der Waals surface area contributed by atoms with Crippen LogP contribution in [0.3, 0.4) is 0 Å². The third-order valence-corrected chi connectivity index (χ3v) is 5.50. The molecule has 3 rings (SSSR count). The lowest BCUT2D eigenvalue weighted by molar-refractivity contribution is -0.119. The predicted octanol–water partition coefficient (Wildman–Crippen LogP) is 3.09. The van der Waals surface area contributed by atoms with Gasteiger partial charge in [0.1, 0.15) is 5.00 Å². The van der Waals surface area contributed by atoms with Crippen molar-refractivity contribution in [3.63, 3.8) is 0 Å². The van der Waals surface area contributed by atoms with Gasteiger partial charge in [0.05, 0.1) is 23.6 Å². The Morgan fingerprint density at radius 3 is 2.59 bits per heavy atom. The molecule has 0 unspecified atom stereocenters. The van der Waals surface area contributed by atoms with Gasteiger partial charge in [-0.15, -0.1) is 11.3 Å². The summed E-state index contributed by atoms with van der Waals surface area (Å²) in [5, 5.41) is 3.15. The normalized spacial score (nSPS) is 13.0. The summed E-state index contributed by atoms with van der Waals surface area (Å²) in [5.74, 6) is -1.71. The summed E-state index contributed by atoms with van der Waals surface area (Å²) in [5.41, 5.74) is 2.06. The van der Waals surface area contributed by atoms with Crippen molar-refractivity contribution in [1.82, 2.24) is 9.97 Å². The number of hydrogen-bond donors (Lipinski definition) is 1. The highest BCUT2D eigenvalue weighted by molar-refractivity contribution is 7.17. The van der Waals surface area contributed by atoms with E-state index in [9.17, 15) is 14.4 Å². The zero-order chi connectivity index (χ0) is 21.0. The minimum absolute atomic E-state index is 0.0242. The molecule has 2 aromatic heterocycles. The van der Waals surface area contributed by atoms with E-state index in [2.05, 4.69) is 15.3 Å². The number of carbonyl (C=O) groups excluding carboxylic acids is 3. The van der Waals surface area contributed by atoms with Crippen molar-refractivity contribution in [2.45, 2.75) is 52.6 Å². The molecule has 1 N–H and O–H groups in total. The number of anilines is 1. The van der Waals surface area contributed by atoms with Crippen LogP contribution in [0.2, 0.25) is 0 Å². The minimum Gasteiger partial charge on any atom is -0.459 e. The Hall–Kier alpha value is -2.81. The first-order chi connectivity index (χ1) is 13.8. The Balaban J connectivity index is 1.69. The van der Waals surface area contributed by atoms with E-state index in [1.54, 1.807) is 20.8 Å². The first kappa shape index (κ1) is 20.9. The van der Waals surface area contributed by atoms with Gasteiger partial charge in [-0.3, -0.25) is 9.78 Å². The van der Waals surface area contributed by atoms with E-state index in [0.29, 0.717) is 16.3 Å². The maximum atomic E-state index is 12.6. The highest BCUT2D eigenvalue weighted by Gasteiger charge is 2.28. The summed E-state index contributed by atoms with van der Waals surface area (Å²) in [6, 6.07) is 0. The maximum absolute atomic E-state index is 12.6. The van der Waals surface area contributed by atoms with Crippen LogP contribution in [-0.2, 0) is 27.1 Å². The molecule has 0 spiro atoms. The Morgan fingerprint density at radius 1 is 1.14 bits per heavy atom. The van der Waals surface area contributed by atoms with Crippen LogP contribution in [0, 0.1) is 6.92 Å². The van der Waals surface area contributed by atoms with Gasteiger partial charge < -0.3 is 14.8 Å². The van der Waals surface area contributed by atoms with Gasteiger partial charge in [-0.1, -0.05) is 0 Å². The largest absolute Gasteiger partial charge is 0.459 e. The monoisotopic (exact) mass is 417 g/mol. The van der Waals surface area contributed by atoms with Crippen LogP contribution >= 0.6 is 11.3 Å². The number of aromatic nitrogens is 2. The van der Waals surface area contributed by atoms with Crippen molar-refractivity contribution in [1.29, 1.82) is 0 Å². The highest BCUT2D eigenvalue weighted by atomic mass is 32.1. The fourth-order valence-corrected chi connectivity index (χ4v) is 4.30. The number of carbonyl (C=O) groups is 3. The average molecular weight is 417 g/mol. The number of ether oxygens (including phenoxy) is 2. The third-order valence-electron chi connectivity index (χ3n) is 4.30. The lowest BCUT2D eigenvalue weighted by Crippen LogP contribution is -2.22. The molecule has 0 saturated heterocycles. The van der Waals surface area contributed by atoms with Crippen LogP contribution < -0.4 is 5.32 Å². The molecule has 2 heterocycles. The van der Waals surface area contributed by atoms with Crippen LogP contribution in [0.5, 0.6) is 0 Å². The quantitative estimate of drug-likeness (QED) is 0.720. The topological polar surface area (TPSA) is 107 Å². The van der Waals surface area contributed by atoms with E-state index in [0.717, 1.165) is 36.1 Å².